The maximum absolute atomic E-state index is 12.0. The highest BCUT2D eigenvalue weighted by molar-refractivity contribution is 14.1. The lowest BCUT2D eigenvalue weighted by atomic mass is 10.0. The fraction of sp³-hybridized carbons (Fsp3) is 0.143. The first-order valence-electron chi connectivity index (χ1n) is 5.66. The first kappa shape index (κ1) is 15.1. The number of hydrogen-bond acceptors (Lipinski definition) is 2. The van der Waals surface area contributed by atoms with Gasteiger partial charge in [0.1, 0.15) is 28.8 Å². The smallest absolute Gasteiger partial charge is 0.406 e. The maximum atomic E-state index is 12.0. The minimum Gasteiger partial charge on any atom is -0.406 e. The summed E-state index contributed by atoms with van der Waals surface area (Å²) in [4.78, 5) is 0. The molecule has 20 heavy (non-hydrogen) atoms. The average molecular weight is 394 g/mol. The third kappa shape index (κ3) is 4.38. The van der Waals surface area contributed by atoms with Gasteiger partial charge < -0.3 is 7.80 Å². The molecule has 0 aliphatic carbocycles. The Morgan fingerprint density at radius 3 is 1.80 bits per heavy atom. The maximum Gasteiger partial charge on any atom is 0.573 e. The lowest BCUT2D eigenvalue weighted by molar-refractivity contribution is -0.274. The van der Waals surface area contributed by atoms with Gasteiger partial charge in [0.05, 0.1) is 6.61 Å². The average Bonchev–Trinajstić information content (AvgIpc) is 2.39. The van der Waals surface area contributed by atoms with E-state index in [4.69, 9.17) is 3.07 Å². The van der Waals surface area contributed by atoms with Crippen molar-refractivity contribution in [3.05, 3.63) is 54.1 Å². The summed E-state index contributed by atoms with van der Waals surface area (Å²) in [5.41, 5.74) is 2.77. The van der Waals surface area contributed by atoms with Crippen LogP contribution >= 0.6 is 23.0 Å². The van der Waals surface area contributed by atoms with Crippen molar-refractivity contribution in [1.29, 1.82) is 0 Å². The molecule has 2 rings (SSSR count). The van der Waals surface area contributed by atoms with Crippen molar-refractivity contribution in [2.45, 2.75) is 13.0 Å². The SMILES string of the molecule is FC(F)(F)Oc1ccc(-c2ccc(COI)cc2)cc1. The molecule has 0 heterocycles. The molecule has 0 saturated heterocycles. The monoisotopic (exact) mass is 394 g/mol. The Balaban J connectivity index is 2.13. The highest BCUT2D eigenvalue weighted by Crippen LogP contribution is 2.26. The van der Waals surface area contributed by atoms with Crippen LogP contribution in [0.15, 0.2) is 48.5 Å². The van der Waals surface area contributed by atoms with E-state index < -0.39 is 6.36 Å². The molecule has 2 aromatic carbocycles. The van der Waals surface area contributed by atoms with E-state index in [1.165, 1.54) is 12.1 Å². The van der Waals surface area contributed by atoms with Gasteiger partial charge in [0, 0.05) is 0 Å². The largest absolute Gasteiger partial charge is 0.573 e. The van der Waals surface area contributed by atoms with Crippen molar-refractivity contribution in [1.82, 2.24) is 0 Å². The van der Waals surface area contributed by atoms with E-state index in [-0.39, 0.29) is 5.75 Å². The number of benzene rings is 2. The number of hydrogen-bond donors (Lipinski definition) is 0. The molecule has 2 nitrogen and oxygen atoms in total. The molecule has 0 aliphatic rings. The fourth-order valence-electron chi connectivity index (χ4n) is 1.71. The van der Waals surface area contributed by atoms with Gasteiger partial charge >= 0.3 is 6.36 Å². The van der Waals surface area contributed by atoms with Gasteiger partial charge in [0.15, 0.2) is 0 Å². The summed E-state index contributed by atoms with van der Waals surface area (Å²) in [5.74, 6) is -0.226. The molecule has 0 atom stereocenters. The molecule has 0 N–H and O–H groups in total. The molecule has 106 valence electrons. The molecule has 0 bridgehead atoms. The summed E-state index contributed by atoms with van der Waals surface area (Å²) in [6.45, 7) is 0.513. The van der Waals surface area contributed by atoms with Gasteiger partial charge in [-0.2, -0.15) is 0 Å². The Morgan fingerprint density at radius 2 is 1.35 bits per heavy atom. The topological polar surface area (TPSA) is 18.5 Å². The van der Waals surface area contributed by atoms with Crippen molar-refractivity contribution in [3.63, 3.8) is 0 Å². The molecule has 0 saturated carbocycles. The Morgan fingerprint density at radius 1 is 0.850 bits per heavy atom. The summed E-state index contributed by atoms with van der Waals surface area (Å²) in [5, 5.41) is 0. The van der Waals surface area contributed by atoms with Crippen LogP contribution in [0.1, 0.15) is 5.56 Å². The summed E-state index contributed by atoms with van der Waals surface area (Å²) < 4.78 is 45.0. The summed E-state index contributed by atoms with van der Waals surface area (Å²) in [6, 6.07) is 13.4. The van der Waals surface area contributed by atoms with Crippen molar-refractivity contribution in [2.75, 3.05) is 0 Å². The van der Waals surface area contributed by atoms with E-state index in [1.807, 2.05) is 47.3 Å². The van der Waals surface area contributed by atoms with E-state index in [9.17, 15) is 13.2 Å². The van der Waals surface area contributed by atoms with E-state index in [0.29, 0.717) is 6.61 Å². The lowest BCUT2D eigenvalue weighted by Crippen LogP contribution is -2.16. The molecule has 0 aliphatic heterocycles. The van der Waals surface area contributed by atoms with Crippen molar-refractivity contribution < 1.29 is 21.0 Å². The zero-order valence-electron chi connectivity index (χ0n) is 10.2. The van der Waals surface area contributed by atoms with Gasteiger partial charge in [0.2, 0.25) is 0 Å². The minimum atomic E-state index is -4.66. The molecular formula is C14H10F3IO2. The summed E-state index contributed by atoms with van der Waals surface area (Å²) in [7, 11) is 0. The van der Waals surface area contributed by atoms with Gasteiger partial charge in [0.25, 0.3) is 0 Å². The van der Waals surface area contributed by atoms with Gasteiger partial charge in [-0.1, -0.05) is 36.4 Å². The van der Waals surface area contributed by atoms with Gasteiger partial charge in [-0.25, -0.2) is 0 Å². The molecule has 0 spiro atoms. The van der Waals surface area contributed by atoms with E-state index in [0.717, 1.165) is 16.7 Å². The molecular weight excluding hydrogens is 384 g/mol. The first-order chi connectivity index (χ1) is 9.48. The summed E-state index contributed by atoms with van der Waals surface area (Å²) >= 11 is 1.82. The third-order valence-corrected chi connectivity index (χ3v) is 2.91. The summed E-state index contributed by atoms with van der Waals surface area (Å²) in [6.07, 6.45) is -4.66. The highest BCUT2D eigenvalue weighted by Gasteiger charge is 2.30. The second-order valence-electron chi connectivity index (χ2n) is 4.02. The normalized spacial score (nSPS) is 11.4. The number of ether oxygens (including phenoxy) is 1. The number of rotatable bonds is 4. The molecule has 2 aromatic rings. The lowest BCUT2D eigenvalue weighted by Gasteiger charge is -2.09. The van der Waals surface area contributed by atoms with Crippen LogP contribution < -0.4 is 4.74 Å². The van der Waals surface area contributed by atoms with Crippen LogP contribution in [-0.2, 0) is 9.67 Å². The highest BCUT2D eigenvalue weighted by atomic mass is 127. The van der Waals surface area contributed by atoms with Crippen LogP contribution in [0.4, 0.5) is 13.2 Å². The van der Waals surface area contributed by atoms with Crippen LogP contribution in [0.2, 0.25) is 0 Å². The Labute approximate surface area is 128 Å². The number of alkyl halides is 3. The van der Waals surface area contributed by atoms with Crippen LogP contribution in [0.5, 0.6) is 5.75 Å². The van der Waals surface area contributed by atoms with Crippen LogP contribution in [0.25, 0.3) is 11.1 Å². The molecule has 0 fully saturated rings. The van der Waals surface area contributed by atoms with Crippen molar-refractivity contribution in [3.8, 4) is 16.9 Å². The molecule has 0 aromatic heterocycles. The zero-order valence-corrected chi connectivity index (χ0v) is 12.3. The Kier molecular flexibility index (Phi) is 4.87. The Bertz CT molecular complexity index is 550. The second-order valence-corrected chi connectivity index (χ2v) is 4.65. The van der Waals surface area contributed by atoms with Crippen molar-refractivity contribution in [2.24, 2.45) is 0 Å². The predicted octanol–water partition coefficient (Wildman–Crippen LogP) is 5.12. The quantitative estimate of drug-likeness (QED) is 0.671. The van der Waals surface area contributed by atoms with E-state index in [2.05, 4.69) is 4.74 Å². The number of halogens is 4. The molecule has 0 unspecified atom stereocenters. The van der Waals surface area contributed by atoms with E-state index in [1.54, 1.807) is 12.1 Å². The third-order valence-electron chi connectivity index (χ3n) is 2.60. The second kappa shape index (κ2) is 6.45. The molecule has 0 amide bonds. The van der Waals surface area contributed by atoms with Crippen molar-refractivity contribution >= 4 is 23.0 Å². The van der Waals surface area contributed by atoms with Gasteiger partial charge in [-0.15, -0.1) is 13.2 Å². The molecule has 0 radical (unpaired) electrons. The van der Waals surface area contributed by atoms with Gasteiger partial charge in [-0.3, -0.25) is 0 Å². The van der Waals surface area contributed by atoms with Gasteiger partial charge in [-0.05, 0) is 28.8 Å². The zero-order chi connectivity index (χ0) is 14.6. The van der Waals surface area contributed by atoms with E-state index >= 15 is 0 Å². The Hall–Kier alpha value is -1.28. The van der Waals surface area contributed by atoms with Crippen LogP contribution in [-0.4, -0.2) is 6.36 Å². The van der Waals surface area contributed by atoms with Crippen LogP contribution in [0, 0.1) is 0 Å². The standard InChI is InChI=1S/C14H10F3IO2/c15-14(16,17)20-13-7-5-12(6-8-13)11-3-1-10(2-4-11)9-19-18/h1-8H,9H2. The first-order valence-corrected chi connectivity index (χ1v) is 6.55. The molecule has 6 heteroatoms. The van der Waals surface area contributed by atoms with Crippen LogP contribution in [0.3, 0.4) is 0 Å². The minimum absolute atomic E-state index is 0.226. The fourth-order valence-corrected chi connectivity index (χ4v) is 2.07. The predicted molar refractivity (Wildman–Crippen MR) is 77.4 cm³/mol.